The van der Waals surface area contributed by atoms with E-state index in [0.717, 1.165) is 36.8 Å². The van der Waals surface area contributed by atoms with Crippen molar-refractivity contribution >= 4 is 39.3 Å². The fraction of sp³-hybridized carbons (Fsp3) is 0.368. The first-order valence-electron chi connectivity index (χ1n) is 8.87. The molecule has 3 aromatic heterocycles. The van der Waals surface area contributed by atoms with Crippen LogP contribution >= 0.6 is 11.3 Å². The van der Waals surface area contributed by atoms with Gasteiger partial charge in [-0.05, 0) is 38.2 Å². The summed E-state index contributed by atoms with van der Waals surface area (Å²) in [6.45, 7) is 2.46. The van der Waals surface area contributed by atoms with Crippen molar-refractivity contribution in [3.05, 3.63) is 40.1 Å². The standard InChI is InChI=1S/C19H21N3O3S/c1-3-20-18(24)16-11-6-4-5-7-15(11)26-19(16)21-17(23)13-10-14-12(22(13)2)8-9-25-14/h8-10H,3-7H2,1-2H3,(H,20,24)(H,21,23). The molecule has 0 aliphatic heterocycles. The van der Waals surface area contributed by atoms with Gasteiger partial charge in [0.25, 0.3) is 11.8 Å². The third-order valence-corrected chi connectivity index (χ3v) is 6.07. The highest BCUT2D eigenvalue weighted by Gasteiger charge is 2.27. The largest absolute Gasteiger partial charge is 0.463 e. The van der Waals surface area contributed by atoms with Gasteiger partial charge in [0.1, 0.15) is 10.7 Å². The van der Waals surface area contributed by atoms with Gasteiger partial charge in [0.15, 0.2) is 5.58 Å². The van der Waals surface area contributed by atoms with Crippen molar-refractivity contribution < 1.29 is 14.0 Å². The van der Waals surface area contributed by atoms with E-state index in [2.05, 4.69) is 10.6 Å². The fourth-order valence-corrected chi connectivity index (χ4v) is 4.86. The number of rotatable bonds is 4. The van der Waals surface area contributed by atoms with E-state index in [4.69, 9.17) is 4.42 Å². The van der Waals surface area contributed by atoms with Crippen molar-refractivity contribution in [3.8, 4) is 0 Å². The van der Waals surface area contributed by atoms with Crippen LogP contribution in [0.2, 0.25) is 0 Å². The molecule has 0 radical (unpaired) electrons. The molecular weight excluding hydrogens is 350 g/mol. The Labute approximate surface area is 155 Å². The molecule has 136 valence electrons. The topological polar surface area (TPSA) is 76.3 Å². The van der Waals surface area contributed by atoms with Gasteiger partial charge < -0.3 is 19.6 Å². The summed E-state index contributed by atoms with van der Waals surface area (Å²) in [5, 5.41) is 6.49. The molecule has 1 aliphatic carbocycles. The van der Waals surface area contributed by atoms with Gasteiger partial charge >= 0.3 is 0 Å². The molecule has 0 atom stereocenters. The summed E-state index contributed by atoms with van der Waals surface area (Å²) in [5.74, 6) is -0.342. The predicted octanol–water partition coefficient (Wildman–Crippen LogP) is 3.71. The molecular formula is C19H21N3O3S. The van der Waals surface area contributed by atoms with Crippen LogP contribution in [0.15, 0.2) is 22.8 Å². The minimum Gasteiger partial charge on any atom is -0.463 e. The highest BCUT2D eigenvalue weighted by atomic mass is 32.1. The van der Waals surface area contributed by atoms with Crippen LogP contribution in [0, 0.1) is 0 Å². The van der Waals surface area contributed by atoms with E-state index in [9.17, 15) is 9.59 Å². The number of carbonyl (C=O) groups excluding carboxylic acids is 2. The van der Waals surface area contributed by atoms with Gasteiger partial charge in [-0.3, -0.25) is 9.59 Å². The molecule has 4 rings (SSSR count). The van der Waals surface area contributed by atoms with Gasteiger partial charge in [0.2, 0.25) is 0 Å². The second-order valence-corrected chi connectivity index (χ2v) is 7.59. The van der Waals surface area contributed by atoms with Crippen molar-refractivity contribution in [2.24, 2.45) is 7.05 Å². The normalized spacial score (nSPS) is 13.6. The van der Waals surface area contributed by atoms with Gasteiger partial charge in [-0.15, -0.1) is 11.3 Å². The van der Waals surface area contributed by atoms with Gasteiger partial charge in [-0.25, -0.2) is 0 Å². The predicted molar refractivity (Wildman–Crippen MR) is 102 cm³/mol. The van der Waals surface area contributed by atoms with E-state index in [1.165, 1.54) is 16.2 Å². The smallest absolute Gasteiger partial charge is 0.273 e. The summed E-state index contributed by atoms with van der Waals surface area (Å²) in [6.07, 6.45) is 5.68. The number of aryl methyl sites for hydroxylation is 2. The monoisotopic (exact) mass is 371 g/mol. The van der Waals surface area contributed by atoms with Gasteiger partial charge in [-0.1, -0.05) is 0 Å². The van der Waals surface area contributed by atoms with E-state index in [1.807, 2.05) is 20.0 Å². The number of furan rings is 1. The third-order valence-electron chi connectivity index (χ3n) is 4.86. The fourth-order valence-electron chi connectivity index (χ4n) is 3.58. The van der Waals surface area contributed by atoms with Crippen LogP contribution < -0.4 is 10.6 Å². The lowest BCUT2D eigenvalue weighted by atomic mass is 9.95. The molecule has 0 saturated carbocycles. The molecule has 0 unspecified atom stereocenters. The lowest BCUT2D eigenvalue weighted by molar-refractivity contribution is 0.0956. The Balaban J connectivity index is 1.69. The van der Waals surface area contributed by atoms with Crippen LogP contribution in [-0.4, -0.2) is 22.9 Å². The SMILES string of the molecule is CCNC(=O)c1c(NC(=O)c2cc3occc3n2C)sc2c1CCCC2. The van der Waals surface area contributed by atoms with Crippen molar-refractivity contribution in [1.29, 1.82) is 0 Å². The minimum absolute atomic E-state index is 0.108. The van der Waals surface area contributed by atoms with Crippen LogP contribution in [0.4, 0.5) is 5.00 Å². The number of carbonyl (C=O) groups is 2. The van der Waals surface area contributed by atoms with Crippen LogP contribution in [0.5, 0.6) is 0 Å². The molecule has 3 aromatic rings. The van der Waals surface area contributed by atoms with Crippen molar-refractivity contribution in [3.63, 3.8) is 0 Å². The lowest BCUT2D eigenvalue weighted by Gasteiger charge is -2.13. The van der Waals surface area contributed by atoms with Gasteiger partial charge in [0.05, 0.1) is 17.3 Å². The van der Waals surface area contributed by atoms with Crippen LogP contribution in [0.1, 0.15) is 51.1 Å². The first kappa shape index (κ1) is 16.9. The Bertz CT molecular complexity index is 995. The van der Waals surface area contributed by atoms with Crippen LogP contribution in [-0.2, 0) is 19.9 Å². The zero-order valence-corrected chi connectivity index (χ0v) is 15.7. The molecule has 26 heavy (non-hydrogen) atoms. The molecule has 2 amide bonds. The quantitative estimate of drug-likeness (QED) is 0.734. The lowest BCUT2D eigenvalue weighted by Crippen LogP contribution is -2.25. The number of nitrogens with one attached hydrogen (secondary N) is 2. The molecule has 0 fully saturated rings. The first-order valence-corrected chi connectivity index (χ1v) is 9.68. The Morgan fingerprint density at radius 2 is 2.08 bits per heavy atom. The van der Waals surface area contributed by atoms with Crippen molar-refractivity contribution in [2.45, 2.75) is 32.6 Å². The van der Waals surface area contributed by atoms with Crippen LogP contribution in [0.3, 0.4) is 0 Å². The summed E-state index contributed by atoms with van der Waals surface area (Å²) in [6, 6.07) is 3.56. The maximum atomic E-state index is 12.8. The zero-order chi connectivity index (χ0) is 18.3. The number of fused-ring (bicyclic) bond motifs is 2. The molecule has 6 nitrogen and oxygen atoms in total. The van der Waals surface area contributed by atoms with Gasteiger partial charge in [0, 0.05) is 30.6 Å². The number of nitrogens with zero attached hydrogens (tertiary/aromatic N) is 1. The molecule has 0 saturated heterocycles. The highest BCUT2D eigenvalue weighted by Crippen LogP contribution is 2.38. The highest BCUT2D eigenvalue weighted by molar-refractivity contribution is 7.17. The average molecular weight is 371 g/mol. The third kappa shape index (κ3) is 2.72. The summed E-state index contributed by atoms with van der Waals surface area (Å²) in [4.78, 5) is 26.7. The van der Waals surface area contributed by atoms with E-state index >= 15 is 0 Å². The summed E-state index contributed by atoms with van der Waals surface area (Å²) in [7, 11) is 1.83. The van der Waals surface area contributed by atoms with Crippen molar-refractivity contribution in [1.82, 2.24) is 9.88 Å². The Hall–Kier alpha value is -2.54. The maximum Gasteiger partial charge on any atom is 0.273 e. The summed E-state index contributed by atoms with van der Waals surface area (Å²) in [5.41, 5.74) is 3.78. The molecule has 3 heterocycles. The van der Waals surface area contributed by atoms with Crippen molar-refractivity contribution in [2.75, 3.05) is 11.9 Å². The number of hydrogen-bond donors (Lipinski definition) is 2. The number of thiophene rings is 1. The van der Waals surface area contributed by atoms with Crippen LogP contribution in [0.25, 0.3) is 11.1 Å². The Kier molecular flexibility index (Phi) is 4.32. The van der Waals surface area contributed by atoms with Gasteiger partial charge in [-0.2, -0.15) is 0 Å². The first-order chi connectivity index (χ1) is 12.6. The van der Waals surface area contributed by atoms with E-state index in [0.29, 0.717) is 28.4 Å². The number of aromatic nitrogens is 1. The minimum atomic E-state index is -0.233. The summed E-state index contributed by atoms with van der Waals surface area (Å²) >= 11 is 1.53. The molecule has 7 heteroatoms. The number of hydrogen-bond acceptors (Lipinski definition) is 4. The zero-order valence-electron chi connectivity index (χ0n) is 14.8. The van der Waals surface area contributed by atoms with E-state index < -0.39 is 0 Å². The Morgan fingerprint density at radius 1 is 1.27 bits per heavy atom. The second-order valence-electron chi connectivity index (χ2n) is 6.49. The van der Waals surface area contributed by atoms with E-state index in [1.54, 1.807) is 16.9 Å². The molecule has 1 aliphatic rings. The molecule has 0 spiro atoms. The summed E-state index contributed by atoms with van der Waals surface area (Å²) < 4.78 is 7.18. The van der Waals surface area contributed by atoms with E-state index in [-0.39, 0.29) is 11.8 Å². The average Bonchev–Trinajstić information content (AvgIpc) is 3.29. The number of anilines is 1. The molecule has 0 aromatic carbocycles. The Morgan fingerprint density at radius 3 is 2.85 bits per heavy atom. The molecule has 0 bridgehead atoms. The molecule has 2 N–H and O–H groups in total. The maximum absolute atomic E-state index is 12.8. The number of amides is 2. The second kappa shape index (κ2) is 6.64.